The predicted octanol–water partition coefficient (Wildman–Crippen LogP) is 2.76. The monoisotopic (exact) mass is 348 g/mol. The molecule has 2 heterocycles. The van der Waals surface area contributed by atoms with Crippen molar-refractivity contribution in [3.05, 3.63) is 35.9 Å². The molecule has 0 bridgehead atoms. The van der Waals surface area contributed by atoms with E-state index in [2.05, 4.69) is 0 Å². The van der Waals surface area contributed by atoms with E-state index in [1.165, 1.54) is 0 Å². The van der Waals surface area contributed by atoms with Gasteiger partial charge in [0.25, 0.3) is 0 Å². The Kier molecular flexibility index (Phi) is 5.19. The minimum atomic E-state index is -1.29. The Morgan fingerprint density at radius 1 is 1.28 bits per heavy atom. The van der Waals surface area contributed by atoms with Crippen LogP contribution < -0.4 is 0 Å². The van der Waals surface area contributed by atoms with Crippen molar-refractivity contribution in [3.63, 3.8) is 0 Å². The molecule has 0 radical (unpaired) electrons. The molecule has 0 aliphatic carbocycles. The van der Waals surface area contributed by atoms with Crippen molar-refractivity contribution in [1.82, 2.24) is 0 Å². The molecule has 1 N–H and O–H groups in total. The smallest absolute Gasteiger partial charge is 0.312 e. The molecular weight excluding hydrogens is 320 g/mol. The number of hydrogen-bond acceptors (Lipinski definition) is 5. The molecule has 0 saturated carbocycles. The molecule has 7 unspecified atom stereocenters. The van der Waals surface area contributed by atoms with Gasteiger partial charge in [-0.1, -0.05) is 51.1 Å². The van der Waals surface area contributed by atoms with Crippen LogP contribution in [0.4, 0.5) is 0 Å². The van der Waals surface area contributed by atoms with E-state index in [9.17, 15) is 9.90 Å². The first-order valence-electron chi connectivity index (χ1n) is 9.03. The summed E-state index contributed by atoms with van der Waals surface area (Å²) in [6.45, 7) is 8.55. The maximum Gasteiger partial charge on any atom is 0.312 e. The van der Waals surface area contributed by atoms with Crippen LogP contribution in [-0.2, 0) is 25.6 Å². The topological polar surface area (TPSA) is 65.0 Å². The van der Waals surface area contributed by atoms with E-state index in [1.54, 1.807) is 6.92 Å². The molecular formula is C20H28O5. The third kappa shape index (κ3) is 3.59. The lowest BCUT2D eigenvalue weighted by Crippen LogP contribution is -2.50. The van der Waals surface area contributed by atoms with Gasteiger partial charge in [0, 0.05) is 17.8 Å². The van der Waals surface area contributed by atoms with Crippen LogP contribution in [0.15, 0.2) is 30.3 Å². The van der Waals surface area contributed by atoms with E-state index >= 15 is 0 Å². The van der Waals surface area contributed by atoms with Crippen LogP contribution in [0.3, 0.4) is 0 Å². The summed E-state index contributed by atoms with van der Waals surface area (Å²) in [5, 5.41) is 10.4. The second-order valence-electron chi connectivity index (χ2n) is 7.69. The summed E-state index contributed by atoms with van der Waals surface area (Å²) in [5.41, 5.74) is 1.12. The van der Waals surface area contributed by atoms with E-state index in [0.717, 1.165) is 5.56 Å². The average Bonchev–Trinajstić information content (AvgIpc) is 2.82. The summed E-state index contributed by atoms with van der Waals surface area (Å²) in [6, 6.07) is 9.99. The fourth-order valence-electron chi connectivity index (χ4n) is 4.02. The molecule has 2 aliphatic rings. The van der Waals surface area contributed by atoms with Crippen LogP contribution in [0.5, 0.6) is 0 Å². The summed E-state index contributed by atoms with van der Waals surface area (Å²) in [7, 11) is 0. The Labute approximate surface area is 149 Å². The largest absolute Gasteiger partial charge is 0.461 e. The van der Waals surface area contributed by atoms with Crippen molar-refractivity contribution in [2.45, 2.75) is 52.3 Å². The Balaban J connectivity index is 1.60. The Bertz CT molecular complexity index is 599. The quantitative estimate of drug-likeness (QED) is 0.829. The van der Waals surface area contributed by atoms with E-state index in [-0.39, 0.29) is 35.9 Å². The zero-order valence-corrected chi connectivity index (χ0v) is 15.3. The molecule has 5 nitrogen and oxygen atoms in total. The summed E-state index contributed by atoms with van der Waals surface area (Å²) in [4.78, 5) is 12.5. The van der Waals surface area contributed by atoms with Gasteiger partial charge in [-0.05, 0) is 12.5 Å². The van der Waals surface area contributed by atoms with Gasteiger partial charge in [-0.25, -0.2) is 0 Å². The number of cyclic esters (lactones) is 1. The van der Waals surface area contributed by atoms with Crippen LogP contribution >= 0.6 is 0 Å². The predicted molar refractivity (Wildman–Crippen MR) is 92.5 cm³/mol. The Hall–Kier alpha value is -1.43. The van der Waals surface area contributed by atoms with Crippen molar-refractivity contribution < 1.29 is 24.1 Å². The van der Waals surface area contributed by atoms with Crippen LogP contribution in [0.25, 0.3) is 0 Å². The molecule has 5 heteroatoms. The molecule has 2 fully saturated rings. The van der Waals surface area contributed by atoms with Gasteiger partial charge in [0.2, 0.25) is 0 Å². The summed E-state index contributed by atoms with van der Waals surface area (Å²) in [6.07, 6.45) is -0.585. The first-order chi connectivity index (χ1) is 11.8. The highest BCUT2D eigenvalue weighted by Crippen LogP contribution is 2.47. The fraction of sp³-hybridized carbons (Fsp3) is 0.650. The number of esters is 1. The molecule has 2 aliphatic heterocycles. The van der Waals surface area contributed by atoms with Gasteiger partial charge in [0.05, 0.1) is 25.2 Å². The Morgan fingerprint density at radius 2 is 1.96 bits per heavy atom. The van der Waals surface area contributed by atoms with Gasteiger partial charge in [0.1, 0.15) is 6.10 Å². The number of ether oxygens (including phenoxy) is 3. The number of aliphatic hydroxyl groups is 1. The maximum absolute atomic E-state index is 12.5. The molecule has 0 spiro atoms. The van der Waals surface area contributed by atoms with Crippen LogP contribution in [-0.4, -0.2) is 35.7 Å². The third-order valence-electron chi connectivity index (χ3n) is 5.73. The number of carbonyl (C=O) groups excluding carboxylic acids is 1. The van der Waals surface area contributed by atoms with Gasteiger partial charge >= 0.3 is 5.97 Å². The van der Waals surface area contributed by atoms with Crippen molar-refractivity contribution in [3.8, 4) is 0 Å². The second kappa shape index (κ2) is 7.06. The molecule has 2 saturated heterocycles. The average molecular weight is 348 g/mol. The highest BCUT2D eigenvalue weighted by atomic mass is 16.6. The minimum Gasteiger partial charge on any atom is -0.461 e. The van der Waals surface area contributed by atoms with Crippen molar-refractivity contribution in [2.75, 3.05) is 6.61 Å². The molecule has 3 rings (SSSR count). The van der Waals surface area contributed by atoms with Crippen LogP contribution in [0, 0.1) is 23.7 Å². The zero-order chi connectivity index (χ0) is 18.2. The van der Waals surface area contributed by atoms with Crippen molar-refractivity contribution >= 4 is 5.97 Å². The Morgan fingerprint density at radius 3 is 2.64 bits per heavy atom. The standard InChI is InChI=1S/C20H28O5/c1-12(10-23-11-15-8-6-5-7-9-15)17-13(2)18-16(19(21)24-17)14(3)20(4,22)25-18/h5-9,12-14,16-18,22H,10-11H2,1-4H3. The highest BCUT2D eigenvalue weighted by molar-refractivity contribution is 5.75. The minimum absolute atomic E-state index is 0.00875. The summed E-state index contributed by atoms with van der Waals surface area (Å²) >= 11 is 0. The molecule has 7 atom stereocenters. The SMILES string of the molecule is CC(COCc1ccccc1)C1OC(=O)C2C(OC(C)(O)C2C)C1C. The van der Waals surface area contributed by atoms with Crippen LogP contribution in [0.1, 0.15) is 33.3 Å². The first-order valence-corrected chi connectivity index (χ1v) is 9.03. The second-order valence-corrected chi connectivity index (χ2v) is 7.69. The summed E-state index contributed by atoms with van der Waals surface area (Å²) < 4.78 is 17.4. The van der Waals surface area contributed by atoms with Gasteiger partial charge < -0.3 is 19.3 Å². The third-order valence-corrected chi connectivity index (χ3v) is 5.73. The lowest BCUT2D eigenvalue weighted by atomic mass is 9.77. The maximum atomic E-state index is 12.5. The molecule has 0 aromatic heterocycles. The zero-order valence-electron chi connectivity index (χ0n) is 15.3. The van der Waals surface area contributed by atoms with Gasteiger partial charge in [-0.3, -0.25) is 4.79 Å². The molecule has 25 heavy (non-hydrogen) atoms. The van der Waals surface area contributed by atoms with Crippen LogP contribution in [0.2, 0.25) is 0 Å². The van der Waals surface area contributed by atoms with Gasteiger partial charge in [-0.15, -0.1) is 0 Å². The van der Waals surface area contributed by atoms with Crippen molar-refractivity contribution in [1.29, 1.82) is 0 Å². The first kappa shape index (κ1) is 18.4. The van der Waals surface area contributed by atoms with E-state index in [1.807, 2.05) is 51.1 Å². The van der Waals surface area contributed by atoms with Crippen molar-refractivity contribution in [2.24, 2.45) is 23.7 Å². The van der Waals surface area contributed by atoms with E-state index in [0.29, 0.717) is 13.2 Å². The van der Waals surface area contributed by atoms with Gasteiger partial charge in [-0.2, -0.15) is 0 Å². The molecule has 1 aromatic carbocycles. The number of benzene rings is 1. The fourth-order valence-corrected chi connectivity index (χ4v) is 4.02. The number of carbonyl (C=O) groups is 1. The highest BCUT2D eigenvalue weighted by Gasteiger charge is 2.59. The summed E-state index contributed by atoms with van der Waals surface area (Å²) in [5.74, 6) is -2.18. The lowest BCUT2D eigenvalue weighted by Gasteiger charge is -2.39. The number of rotatable bonds is 5. The normalized spacial score (nSPS) is 38.9. The number of fused-ring (bicyclic) bond motifs is 1. The van der Waals surface area contributed by atoms with E-state index < -0.39 is 11.7 Å². The molecule has 138 valence electrons. The number of hydrogen-bond donors (Lipinski definition) is 1. The molecule has 1 aromatic rings. The molecule has 0 amide bonds. The van der Waals surface area contributed by atoms with Gasteiger partial charge in [0.15, 0.2) is 5.79 Å². The lowest BCUT2D eigenvalue weighted by molar-refractivity contribution is -0.216. The van der Waals surface area contributed by atoms with E-state index in [4.69, 9.17) is 14.2 Å².